The molecular formula is C11H11N3O2. The Kier molecular flexibility index (Phi) is 2.68. The quantitative estimate of drug-likeness (QED) is 0.819. The van der Waals surface area contributed by atoms with Crippen molar-refractivity contribution in [2.24, 2.45) is 0 Å². The van der Waals surface area contributed by atoms with Gasteiger partial charge in [0.15, 0.2) is 0 Å². The molecule has 0 saturated heterocycles. The maximum atomic E-state index is 11.1. The number of nitrogens with zero attached hydrogens (tertiary/aromatic N) is 2. The Morgan fingerprint density at radius 3 is 2.94 bits per heavy atom. The van der Waals surface area contributed by atoms with Crippen LogP contribution in [0.3, 0.4) is 0 Å². The van der Waals surface area contributed by atoms with E-state index >= 15 is 0 Å². The summed E-state index contributed by atoms with van der Waals surface area (Å²) >= 11 is 0. The number of benzene rings is 1. The first-order chi connectivity index (χ1) is 7.74. The number of hydrogen-bond donors (Lipinski definition) is 2. The smallest absolute Gasteiger partial charge is 0.336 e. The number of carbonyl (C=O) groups is 1. The first-order valence-electron chi connectivity index (χ1n) is 4.95. The van der Waals surface area contributed by atoms with Crippen LogP contribution in [-0.2, 0) is 0 Å². The van der Waals surface area contributed by atoms with Gasteiger partial charge >= 0.3 is 5.97 Å². The number of fused-ring (bicyclic) bond motifs is 1. The van der Waals surface area contributed by atoms with E-state index in [2.05, 4.69) is 15.3 Å². The summed E-state index contributed by atoms with van der Waals surface area (Å²) in [5, 5.41) is 12.7. The molecular weight excluding hydrogens is 206 g/mol. The SMILES string of the molecule is CCNc1ncnc2cccc(C(=O)O)c12. The molecule has 1 aromatic heterocycles. The highest BCUT2D eigenvalue weighted by atomic mass is 16.4. The third-order valence-corrected chi connectivity index (χ3v) is 2.24. The lowest BCUT2D eigenvalue weighted by Crippen LogP contribution is -2.05. The van der Waals surface area contributed by atoms with Crippen LogP contribution in [0.15, 0.2) is 24.5 Å². The van der Waals surface area contributed by atoms with E-state index in [-0.39, 0.29) is 5.56 Å². The number of carboxylic acids is 1. The lowest BCUT2D eigenvalue weighted by Gasteiger charge is -2.07. The predicted octanol–water partition coefficient (Wildman–Crippen LogP) is 1.76. The predicted molar refractivity (Wildman–Crippen MR) is 60.7 cm³/mol. The average molecular weight is 217 g/mol. The second kappa shape index (κ2) is 4.14. The highest BCUT2D eigenvalue weighted by molar-refractivity contribution is 6.06. The molecule has 82 valence electrons. The molecule has 16 heavy (non-hydrogen) atoms. The van der Waals surface area contributed by atoms with Crippen LogP contribution < -0.4 is 5.32 Å². The molecule has 5 heteroatoms. The lowest BCUT2D eigenvalue weighted by molar-refractivity contribution is 0.0699. The maximum absolute atomic E-state index is 11.1. The van der Waals surface area contributed by atoms with Gasteiger partial charge in [0.2, 0.25) is 0 Å². The van der Waals surface area contributed by atoms with E-state index in [9.17, 15) is 4.79 Å². The number of aromatic carboxylic acids is 1. The summed E-state index contributed by atoms with van der Waals surface area (Å²) in [7, 11) is 0. The van der Waals surface area contributed by atoms with Gasteiger partial charge in [-0.25, -0.2) is 14.8 Å². The topological polar surface area (TPSA) is 75.1 Å². The highest BCUT2D eigenvalue weighted by Crippen LogP contribution is 2.23. The van der Waals surface area contributed by atoms with Crippen LogP contribution in [0, 0.1) is 0 Å². The molecule has 1 aromatic carbocycles. The molecule has 0 spiro atoms. The third-order valence-electron chi connectivity index (χ3n) is 2.24. The minimum Gasteiger partial charge on any atom is -0.478 e. The van der Waals surface area contributed by atoms with Crippen molar-refractivity contribution in [3.63, 3.8) is 0 Å². The van der Waals surface area contributed by atoms with Gasteiger partial charge < -0.3 is 10.4 Å². The second-order valence-corrected chi connectivity index (χ2v) is 3.26. The molecule has 1 heterocycles. The number of rotatable bonds is 3. The number of carboxylic acid groups (broad SMARTS) is 1. The zero-order chi connectivity index (χ0) is 11.5. The summed E-state index contributed by atoms with van der Waals surface area (Å²) in [5.74, 6) is -0.412. The van der Waals surface area contributed by atoms with E-state index in [4.69, 9.17) is 5.11 Å². The number of aromatic nitrogens is 2. The fraction of sp³-hybridized carbons (Fsp3) is 0.182. The summed E-state index contributed by atoms with van der Waals surface area (Å²) in [5.41, 5.74) is 0.847. The molecule has 0 unspecified atom stereocenters. The summed E-state index contributed by atoms with van der Waals surface area (Å²) in [6.07, 6.45) is 1.42. The van der Waals surface area contributed by atoms with E-state index in [1.807, 2.05) is 6.92 Å². The highest BCUT2D eigenvalue weighted by Gasteiger charge is 2.12. The van der Waals surface area contributed by atoms with Crippen molar-refractivity contribution in [2.45, 2.75) is 6.92 Å². The van der Waals surface area contributed by atoms with Gasteiger partial charge in [-0.2, -0.15) is 0 Å². The minimum absolute atomic E-state index is 0.217. The van der Waals surface area contributed by atoms with E-state index in [0.717, 1.165) is 0 Å². The molecule has 0 aliphatic rings. The van der Waals surface area contributed by atoms with Crippen molar-refractivity contribution in [1.29, 1.82) is 0 Å². The minimum atomic E-state index is -0.973. The summed E-state index contributed by atoms with van der Waals surface area (Å²) < 4.78 is 0. The number of anilines is 1. The first kappa shape index (κ1) is 10.4. The van der Waals surface area contributed by atoms with Gasteiger partial charge in [-0.15, -0.1) is 0 Å². The molecule has 2 rings (SSSR count). The van der Waals surface area contributed by atoms with Crippen molar-refractivity contribution >= 4 is 22.7 Å². The lowest BCUT2D eigenvalue weighted by atomic mass is 10.1. The van der Waals surface area contributed by atoms with E-state index < -0.39 is 5.97 Å². The van der Waals surface area contributed by atoms with Crippen LogP contribution >= 0.6 is 0 Å². The van der Waals surface area contributed by atoms with Crippen molar-refractivity contribution in [3.05, 3.63) is 30.1 Å². The van der Waals surface area contributed by atoms with Gasteiger partial charge in [0.05, 0.1) is 16.5 Å². The van der Waals surface area contributed by atoms with Crippen LogP contribution in [0.5, 0.6) is 0 Å². The van der Waals surface area contributed by atoms with Crippen LogP contribution in [0.25, 0.3) is 10.9 Å². The van der Waals surface area contributed by atoms with Crippen LogP contribution in [0.4, 0.5) is 5.82 Å². The Morgan fingerprint density at radius 2 is 2.25 bits per heavy atom. The largest absolute Gasteiger partial charge is 0.478 e. The molecule has 2 N–H and O–H groups in total. The Morgan fingerprint density at radius 1 is 1.44 bits per heavy atom. The zero-order valence-corrected chi connectivity index (χ0v) is 8.77. The van der Waals surface area contributed by atoms with Gasteiger partial charge in [-0.3, -0.25) is 0 Å². The summed E-state index contributed by atoms with van der Waals surface area (Å²) in [6.45, 7) is 2.61. The molecule has 0 fully saturated rings. The number of hydrogen-bond acceptors (Lipinski definition) is 4. The Labute approximate surface area is 92.2 Å². The summed E-state index contributed by atoms with van der Waals surface area (Å²) in [6, 6.07) is 4.99. The molecule has 5 nitrogen and oxygen atoms in total. The zero-order valence-electron chi connectivity index (χ0n) is 8.77. The number of nitrogens with one attached hydrogen (secondary N) is 1. The van der Waals surface area contributed by atoms with Crippen molar-refractivity contribution in [2.75, 3.05) is 11.9 Å². The van der Waals surface area contributed by atoms with E-state index in [0.29, 0.717) is 23.3 Å². The molecule has 0 radical (unpaired) electrons. The first-order valence-corrected chi connectivity index (χ1v) is 4.95. The Balaban J connectivity index is 2.76. The summed E-state index contributed by atoms with van der Waals surface area (Å²) in [4.78, 5) is 19.2. The van der Waals surface area contributed by atoms with Crippen LogP contribution in [0.2, 0.25) is 0 Å². The fourth-order valence-electron chi connectivity index (χ4n) is 1.59. The molecule has 0 amide bonds. The van der Waals surface area contributed by atoms with Gasteiger partial charge in [-0.1, -0.05) is 6.07 Å². The second-order valence-electron chi connectivity index (χ2n) is 3.26. The maximum Gasteiger partial charge on any atom is 0.336 e. The Hall–Kier alpha value is -2.17. The van der Waals surface area contributed by atoms with Crippen LogP contribution in [-0.4, -0.2) is 27.6 Å². The average Bonchev–Trinajstić information content (AvgIpc) is 2.29. The van der Waals surface area contributed by atoms with Gasteiger partial charge in [-0.05, 0) is 19.1 Å². The van der Waals surface area contributed by atoms with Gasteiger partial charge in [0.1, 0.15) is 12.1 Å². The van der Waals surface area contributed by atoms with Crippen molar-refractivity contribution in [1.82, 2.24) is 9.97 Å². The molecule has 0 bridgehead atoms. The van der Waals surface area contributed by atoms with E-state index in [1.165, 1.54) is 6.33 Å². The molecule has 0 aliphatic carbocycles. The molecule has 0 saturated carbocycles. The normalized spacial score (nSPS) is 10.3. The van der Waals surface area contributed by atoms with Crippen LogP contribution in [0.1, 0.15) is 17.3 Å². The monoisotopic (exact) mass is 217 g/mol. The van der Waals surface area contributed by atoms with E-state index in [1.54, 1.807) is 18.2 Å². The van der Waals surface area contributed by atoms with Crippen molar-refractivity contribution < 1.29 is 9.90 Å². The van der Waals surface area contributed by atoms with Gasteiger partial charge in [0, 0.05) is 6.54 Å². The fourth-order valence-corrected chi connectivity index (χ4v) is 1.59. The molecule has 0 aliphatic heterocycles. The Bertz CT molecular complexity index is 534. The third kappa shape index (κ3) is 1.67. The van der Waals surface area contributed by atoms with Crippen molar-refractivity contribution in [3.8, 4) is 0 Å². The molecule has 0 atom stereocenters. The van der Waals surface area contributed by atoms with Gasteiger partial charge in [0.25, 0.3) is 0 Å². The molecule has 2 aromatic rings. The standard InChI is InChI=1S/C11H11N3O2/c1-2-12-10-9-7(11(15)16)4-3-5-8(9)13-6-14-10/h3-6H,2H2,1H3,(H,15,16)(H,12,13,14).